The Morgan fingerprint density at radius 2 is 2.21 bits per heavy atom. The number of anilines is 2. The van der Waals surface area contributed by atoms with Crippen LogP contribution in [-0.4, -0.2) is 18.1 Å². The lowest BCUT2D eigenvalue weighted by Gasteiger charge is -2.25. The van der Waals surface area contributed by atoms with E-state index in [4.69, 9.17) is 0 Å². The number of hydrogen-bond acceptors (Lipinski definition) is 3. The van der Waals surface area contributed by atoms with Crippen LogP contribution in [0.25, 0.3) is 0 Å². The second kappa shape index (κ2) is 3.48. The van der Waals surface area contributed by atoms with E-state index in [0.717, 1.165) is 24.6 Å². The van der Waals surface area contributed by atoms with Gasteiger partial charge >= 0.3 is 0 Å². The lowest BCUT2D eigenvalue weighted by atomic mass is 9.88. The Labute approximate surface area is 84.9 Å². The van der Waals surface area contributed by atoms with Crippen molar-refractivity contribution in [1.82, 2.24) is 4.98 Å². The molecule has 0 aromatic carbocycles. The zero-order valence-electron chi connectivity index (χ0n) is 8.80. The van der Waals surface area contributed by atoms with Gasteiger partial charge in [-0.3, -0.25) is 0 Å². The molecule has 3 heteroatoms. The van der Waals surface area contributed by atoms with Crippen molar-refractivity contribution >= 4 is 11.5 Å². The molecule has 0 saturated carbocycles. The maximum absolute atomic E-state index is 4.31. The van der Waals surface area contributed by atoms with Gasteiger partial charge in [-0.05, 0) is 18.6 Å². The highest BCUT2D eigenvalue weighted by molar-refractivity contribution is 5.64. The van der Waals surface area contributed by atoms with Gasteiger partial charge in [0.2, 0.25) is 0 Å². The van der Waals surface area contributed by atoms with E-state index in [0.29, 0.717) is 5.41 Å². The molecule has 3 nitrogen and oxygen atoms in total. The molecule has 0 aliphatic carbocycles. The van der Waals surface area contributed by atoms with E-state index in [1.807, 2.05) is 12.3 Å². The highest BCUT2D eigenvalue weighted by atomic mass is 15.1. The van der Waals surface area contributed by atoms with Gasteiger partial charge in [-0.1, -0.05) is 13.8 Å². The fraction of sp³-hybridized carbons (Fsp3) is 0.545. The quantitative estimate of drug-likeness (QED) is 0.715. The van der Waals surface area contributed by atoms with Crippen LogP contribution < -0.4 is 10.6 Å². The van der Waals surface area contributed by atoms with E-state index in [2.05, 4.69) is 35.5 Å². The molecule has 1 aliphatic heterocycles. The average molecular weight is 191 g/mol. The van der Waals surface area contributed by atoms with Crippen LogP contribution in [0, 0.1) is 5.41 Å². The first-order chi connectivity index (χ1) is 6.73. The van der Waals surface area contributed by atoms with E-state index < -0.39 is 0 Å². The molecule has 14 heavy (non-hydrogen) atoms. The second-order valence-electron chi connectivity index (χ2n) is 4.27. The number of aromatic nitrogens is 1. The van der Waals surface area contributed by atoms with E-state index in [-0.39, 0.29) is 0 Å². The van der Waals surface area contributed by atoms with Crippen LogP contribution >= 0.6 is 0 Å². The van der Waals surface area contributed by atoms with E-state index in [1.165, 1.54) is 6.42 Å². The zero-order chi connectivity index (χ0) is 10.0. The van der Waals surface area contributed by atoms with Gasteiger partial charge in [-0.2, -0.15) is 0 Å². The van der Waals surface area contributed by atoms with Crippen molar-refractivity contribution in [3.05, 3.63) is 18.3 Å². The summed E-state index contributed by atoms with van der Waals surface area (Å²) in [5.41, 5.74) is 1.44. The van der Waals surface area contributed by atoms with Gasteiger partial charge in [0.05, 0.1) is 5.69 Å². The monoisotopic (exact) mass is 191 g/mol. The summed E-state index contributed by atoms with van der Waals surface area (Å²) in [6.45, 7) is 6.52. The third-order valence-electron chi connectivity index (χ3n) is 3.05. The predicted molar refractivity (Wildman–Crippen MR) is 59.6 cm³/mol. The summed E-state index contributed by atoms with van der Waals surface area (Å²) in [7, 11) is 0. The molecule has 1 atom stereocenters. The summed E-state index contributed by atoms with van der Waals surface area (Å²) in [5.74, 6) is 0.977. The average Bonchev–Trinajstić information content (AvgIpc) is 2.40. The predicted octanol–water partition coefficient (Wildman–Crippen LogP) is 2.34. The molecule has 76 valence electrons. The molecule has 0 bridgehead atoms. The molecule has 0 spiro atoms. The molecule has 0 radical (unpaired) electrons. The summed E-state index contributed by atoms with van der Waals surface area (Å²) in [4.78, 5) is 4.31. The Hall–Kier alpha value is -1.25. The summed E-state index contributed by atoms with van der Waals surface area (Å²) in [6, 6.07) is 4.03. The molecule has 1 aromatic rings. The van der Waals surface area contributed by atoms with Crippen LogP contribution in [-0.2, 0) is 0 Å². The summed E-state index contributed by atoms with van der Waals surface area (Å²) >= 11 is 0. The van der Waals surface area contributed by atoms with E-state index in [9.17, 15) is 0 Å². The first-order valence-corrected chi connectivity index (χ1v) is 5.16. The van der Waals surface area contributed by atoms with Crippen LogP contribution in [0.15, 0.2) is 18.3 Å². The minimum atomic E-state index is 0.320. The lowest BCUT2D eigenvalue weighted by molar-refractivity contribution is 0.360. The third-order valence-corrected chi connectivity index (χ3v) is 3.05. The molecular formula is C11H17N3. The molecule has 2 rings (SSSR count). The van der Waals surface area contributed by atoms with Crippen LogP contribution in [0.4, 0.5) is 11.5 Å². The van der Waals surface area contributed by atoms with Crippen LogP contribution in [0.5, 0.6) is 0 Å². The third kappa shape index (κ3) is 1.67. The Balaban J connectivity index is 2.22. The largest absolute Gasteiger partial charge is 0.381 e. The topological polar surface area (TPSA) is 37.0 Å². The number of fused-ring (bicyclic) bond motifs is 1. The number of rotatable bonds is 1. The van der Waals surface area contributed by atoms with Crippen LogP contribution in [0.1, 0.15) is 20.3 Å². The maximum Gasteiger partial charge on any atom is 0.149 e. The van der Waals surface area contributed by atoms with E-state index in [1.54, 1.807) is 0 Å². The Kier molecular flexibility index (Phi) is 2.32. The number of pyridine rings is 1. The molecule has 2 heterocycles. The zero-order valence-corrected chi connectivity index (χ0v) is 8.80. The normalized spacial score (nSPS) is 25.6. The van der Waals surface area contributed by atoms with Gasteiger partial charge < -0.3 is 10.6 Å². The standard InChI is InChI=1S/C11H17N3/c1-3-11(2)7-13-9-5-4-6-12-10(9)14-8-11/h4-6,13H,3,7-8H2,1-2H3,(H,12,14). The molecule has 0 fully saturated rings. The molecule has 0 saturated heterocycles. The Morgan fingerprint density at radius 1 is 1.43 bits per heavy atom. The van der Waals surface area contributed by atoms with Gasteiger partial charge in [0.25, 0.3) is 0 Å². The fourth-order valence-electron chi connectivity index (χ4n) is 1.61. The van der Waals surface area contributed by atoms with Crippen molar-refractivity contribution in [2.75, 3.05) is 23.7 Å². The van der Waals surface area contributed by atoms with Crippen molar-refractivity contribution in [3.8, 4) is 0 Å². The Morgan fingerprint density at radius 3 is 3.00 bits per heavy atom. The number of hydrogen-bond donors (Lipinski definition) is 2. The maximum atomic E-state index is 4.31. The van der Waals surface area contributed by atoms with Crippen LogP contribution in [0.3, 0.4) is 0 Å². The first-order valence-electron chi connectivity index (χ1n) is 5.16. The lowest BCUT2D eigenvalue weighted by Crippen LogP contribution is -2.30. The van der Waals surface area contributed by atoms with Crippen LogP contribution in [0.2, 0.25) is 0 Å². The van der Waals surface area contributed by atoms with Gasteiger partial charge in [-0.25, -0.2) is 4.98 Å². The molecular weight excluding hydrogens is 174 g/mol. The van der Waals surface area contributed by atoms with Crippen molar-refractivity contribution in [2.45, 2.75) is 20.3 Å². The SMILES string of the molecule is CCC1(C)CNc2cccnc2NC1. The molecule has 1 aromatic heterocycles. The summed E-state index contributed by atoms with van der Waals surface area (Å²) < 4.78 is 0. The van der Waals surface area contributed by atoms with Gasteiger partial charge in [0.15, 0.2) is 0 Å². The second-order valence-corrected chi connectivity index (χ2v) is 4.27. The number of nitrogens with one attached hydrogen (secondary N) is 2. The van der Waals surface area contributed by atoms with Crippen molar-refractivity contribution in [1.29, 1.82) is 0 Å². The van der Waals surface area contributed by atoms with Gasteiger partial charge in [0.1, 0.15) is 5.82 Å². The molecule has 1 aliphatic rings. The molecule has 1 unspecified atom stereocenters. The highest BCUT2D eigenvalue weighted by Crippen LogP contribution is 2.29. The van der Waals surface area contributed by atoms with Gasteiger partial charge in [0, 0.05) is 24.7 Å². The fourth-order valence-corrected chi connectivity index (χ4v) is 1.61. The van der Waals surface area contributed by atoms with Crippen molar-refractivity contribution in [3.63, 3.8) is 0 Å². The summed E-state index contributed by atoms with van der Waals surface area (Å²) in [6.07, 6.45) is 2.99. The molecule has 0 amide bonds. The van der Waals surface area contributed by atoms with Gasteiger partial charge in [-0.15, -0.1) is 0 Å². The summed E-state index contributed by atoms with van der Waals surface area (Å²) in [5, 5.41) is 6.83. The van der Waals surface area contributed by atoms with Crippen molar-refractivity contribution in [2.24, 2.45) is 5.41 Å². The molecule has 2 N–H and O–H groups in total. The highest BCUT2D eigenvalue weighted by Gasteiger charge is 2.25. The van der Waals surface area contributed by atoms with Crippen molar-refractivity contribution < 1.29 is 0 Å². The Bertz CT molecular complexity index is 295. The minimum absolute atomic E-state index is 0.320. The first kappa shape index (κ1) is 9.31. The van der Waals surface area contributed by atoms with E-state index >= 15 is 0 Å². The number of nitrogens with zero attached hydrogens (tertiary/aromatic N) is 1. The smallest absolute Gasteiger partial charge is 0.149 e. The minimum Gasteiger partial charge on any atom is -0.381 e.